The van der Waals surface area contributed by atoms with Gasteiger partial charge in [-0.1, -0.05) is 22.0 Å². The second kappa shape index (κ2) is 6.56. The molecule has 0 saturated carbocycles. The highest BCUT2D eigenvalue weighted by Gasteiger charge is 2.31. The van der Waals surface area contributed by atoms with Gasteiger partial charge in [-0.15, -0.1) is 13.2 Å². The van der Waals surface area contributed by atoms with Gasteiger partial charge in [-0.25, -0.2) is 0 Å². The molecule has 1 rings (SSSR count). The van der Waals surface area contributed by atoms with E-state index in [4.69, 9.17) is 5.11 Å². The molecular weight excluding hydrogens is 333 g/mol. The molecule has 0 heterocycles. The third-order valence-electron chi connectivity index (χ3n) is 2.31. The molecule has 8 heteroatoms. The fraction of sp³-hybridized carbons (Fsp3) is 0.455. The fourth-order valence-electron chi connectivity index (χ4n) is 1.44. The van der Waals surface area contributed by atoms with Crippen LogP contribution < -0.4 is 4.74 Å². The summed E-state index contributed by atoms with van der Waals surface area (Å²) in [6.45, 7) is -0.314. The van der Waals surface area contributed by atoms with Crippen molar-refractivity contribution in [3.63, 3.8) is 0 Å². The van der Waals surface area contributed by atoms with Gasteiger partial charge in [0.1, 0.15) is 11.9 Å². The molecule has 4 nitrogen and oxygen atoms in total. The Hall–Kier alpha value is -0.830. The van der Waals surface area contributed by atoms with Crippen LogP contribution in [0.4, 0.5) is 13.2 Å². The Labute approximate surface area is 115 Å². The van der Waals surface area contributed by atoms with E-state index in [2.05, 4.69) is 20.7 Å². The van der Waals surface area contributed by atoms with E-state index in [0.29, 0.717) is 0 Å². The SMILES string of the molecule is OCCC(O)C(O)c1ccc(OC(F)(F)F)cc1Br. The lowest BCUT2D eigenvalue weighted by atomic mass is 10.0. The van der Waals surface area contributed by atoms with Crippen LogP contribution in [0.3, 0.4) is 0 Å². The summed E-state index contributed by atoms with van der Waals surface area (Å²) >= 11 is 2.99. The number of benzene rings is 1. The molecule has 0 bridgehead atoms. The molecular formula is C11H12BrF3O4. The van der Waals surface area contributed by atoms with Gasteiger partial charge in [0.25, 0.3) is 0 Å². The first-order valence-corrected chi connectivity index (χ1v) is 6.06. The van der Waals surface area contributed by atoms with Gasteiger partial charge in [0, 0.05) is 11.1 Å². The second-order valence-corrected chi connectivity index (χ2v) is 4.61. The molecule has 0 aliphatic carbocycles. The van der Waals surface area contributed by atoms with Crippen LogP contribution in [0.1, 0.15) is 18.1 Å². The molecule has 0 saturated heterocycles. The normalized spacial score (nSPS) is 15.1. The van der Waals surface area contributed by atoms with Gasteiger partial charge in [0.2, 0.25) is 0 Å². The zero-order chi connectivity index (χ0) is 14.6. The van der Waals surface area contributed by atoms with E-state index in [1.807, 2.05) is 0 Å². The Kier molecular flexibility index (Phi) is 5.60. The highest BCUT2D eigenvalue weighted by molar-refractivity contribution is 9.10. The molecule has 1 aromatic rings. The summed E-state index contributed by atoms with van der Waals surface area (Å²) in [5, 5.41) is 27.9. The van der Waals surface area contributed by atoms with Crippen LogP contribution >= 0.6 is 15.9 Å². The lowest BCUT2D eigenvalue weighted by molar-refractivity contribution is -0.274. The summed E-state index contributed by atoms with van der Waals surface area (Å²) in [5.41, 5.74) is 0.204. The predicted octanol–water partition coefficient (Wildman–Crippen LogP) is 2.12. The maximum Gasteiger partial charge on any atom is 0.573 e. The Morgan fingerprint density at radius 1 is 1.26 bits per heavy atom. The van der Waals surface area contributed by atoms with E-state index in [1.54, 1.807) is 0 Å². The standard InChI is InChI=1S/C11H12BrF3O4/c12-8-5-6(19-11(13,14)15)1-2-7(8)10(18)9(17)3-4-16/h1-2,5,9-10,16-18H,3-4H2. The van der Waals surface area contributed by atoms with Crippen LogP contribution in [0.25, 0.3) is 0 Å². The van der Waals surface area contributed by atoms with Crippen molar-refractivity contribution in [2.75, 3.05) is 6.61 Å². The molecule has 19 heavy (non-hydrogen) atoms. The molecule has 108 valence electrons. The monoisotopic (exact) mass is 344 g/mol. The van der Waals surface area contributed by atoms with Crippen LogP contribution in [-0.4, -0.2) is 34.4 Å². The first-order valence-electron chi connectivity index (χ1n) is 5.27. The molecule has 0 spiro atoms. The topological polar surface area (TPSA) is 69.9 Å². The molecule has 2 unspecified atom stereocenters. The lowest BCUT2D eigenvalue weighted by Crippen LogP contribution is -2.20. The van der Waals surface area contributed by atoms with Crippen LogP contribution in [0.15, 0.2) is 22.7 Å². The summed E-state index contributed by atoms with van der Waals surface area (Å²) in [4.78, 5) is 0. The second-order valence-electron chi connectivity index (χ2n) is 3.76. The quantitative estimate of drug-likeness (QED) is 0.765. The molecule has 0 fully saturated rings. The van der Waals surface area contributed by atoms with Gasteiger partial charge in [0.05, 0.1) is 6.10 Å². The van der Waals surface area contributed by atoms with Crippen molar-refractivity contribution in [3.8, 4) is 5.75 Å². The van der Waals surface area contributed by atoms with Gasteiger partial charge in [-0.2, -0.15) is 0 Å². The van der Waals surface area contributed by atoms with Crippen molar-refractivity contribution in [1.82, 2.24) is 0 Å². The zero-order valence-corrected chi connectivity index (χ0v) is 11.1. The molecule has 3 N–H and O–H groups in total. The number of ether oxygens (including phenoxy) is 1. The molecule has 0 aromatic heterocycles. The van der Waals surface area contributed by atoms with Crippen LogP contribution in [0, 0.1) is 0 Å². The summed E-state index contributed by atoms with van der Waals surface area (Å²) in [6.07, 6.45) is -7.37. The molecule has 0 aliphatic rings. The molecule has 0 aliphatic heterocycles. The molecule has 0 amide bonds. The Morgan fingerprint density at radius 2 is 1.89 bits per heavy atom. The first-order chi connectivity index (χ1) is 8.74. The highest BCUT2D eigenvalue weighted by atomic mass is 79.9. The largest absolute Gasteiger partial charge is 0.573 e. The van der Waals surface area contributed by atoms with Crippen molar-refractivity contribution < 1.29 is 33.2 Å². The van der Waals surface area contributed by atoms with Crippen LogP contribution in [0.5, 0.6) is 5.75 Å². The number of aliphatic hydroxyl groups excluding tert-OH is 3. The van der Waals surface area contributed by atoms with E-state index in [1.165, 1.54) is 6.07 Å². The minimum Gasteiger partial charge on any atom is -0.406 e. The van der Waals surface area contributed by atoms with Crippen LogP contribution in [0.2, 0.25) is 0 Å². The van der Waals surface area contributed by atoms with Crippen LogP contribution in [-0.2, 0) is 0 Å². The molecule has 1 aromatic carbocycles. The number of aliphatic hydroxyl groups is 3. The van der Waals surface area contributed by atoms with E-state index in [0.717, 1.165) is 12.1 Å². The van der Waals surface area contributed by atoms with E-state index in [9.17, 15) is 23.4 Å². The zero-order valence-electron chi connectivity index (χ0n) is 9.56. The summed E-state index contributed by atoms with van der Waals surface area (Å²) in [7, 11) is 0. The van der Waals surface area contributed by atoms with Gasteiger partial charge in [0.15, 0.2) is 0 Å². The van der Waals surface area contributed by atoms with E-state index in [-0.39, 0.29) is 23.1 Å². The molecule has 0 radical (unpaired) electrons. The molecule has 2 atom stereocenters. The van der Waals surface area contributed by atoms with Crippen molar-refractivity contribution in [1.29, 1.82) is 0 Å². The maximum atomic E-state index is 12.0. The third kappa shape index (κ3) is 4.98. The number of rotatable bonds is 5. The van der Waals surface area contributed by atoms with Gasteiger partial charge in [-0.3, -0.25) is 0 Å². The number of halogens is 4. The summed E-state index contributed by atoms with van der Waals surface area (Å²) in [5.74, 6) is -0.438. The fourth-order valence-corrected chi connectivity index (χ4v) is 2.03. The minimum absolute atomic E-state index is 0.0472. The van der Waals surface area contributed by atoms with Crippen molar-refractivity contribution in [2.45, 2.75) is 25.0 Å². The van der Waals surface area contributed by atoms with Crippen molar-refractivity contribution >= 4 is 15.9 Å². The smallest absolute Gasteiger partial charge is 0.406 e. The maximum absolute atomic E-state index is 12.0. The van der Waals surface area contributed by atoms with Gasteiger partial charge in [-0.05, 0) is 24.1 Å². The summed E-state index contributed by atoms with van der Waals surface area (Å²) < 4.78 is 39.9. The average Bonchev–Trinajstić information content (AvgIpc) is 2.26. The Balaban J connectivity index is 2.88. The highest BCUT2D eigenvalue weighted by Crippen LogP contribution is 2.32. The van der Waals surface area contributed by atoms with E-state index >= 15 is 0 Å². The van der Waals surface area contributed by atoms with Gasteiger partial charge < -0.3 is 20.1 Å². The van der Waals surface area contributed by atoms with Crippen molar-refractivity contribution in [3.05, 3.63) is 28.2 Å². The first kappa shape index (κ1) is 16.2. The Morgan fingerprint density at radius 3 is 2.37 bits per heavy atom. The summed E-state index contributed by atoms with van der Waals surface area (Å²) in [6, 6.07) is 3.27. The predicted molar refractivity (Wildman–Crippen MR) is 63.5 cm³/mol. The Bertz CT molecular complexity index is 425. The van der Waals surface area contributed by atoms with Crippen molar-refractivity contribution in [2.24, 2.45) is 0 Å². The van der Waals surface area contributed by atoms with Gasteiger partial charge >= 0.3 is 6.36 Å². The van der Waals surface area contributed by atoms with E-state index < -0.39 is 24.3 Å². The lowest BCUT2D eigenvalue weighted by Gasteiger charge is -2.19. The third-order valence-corrected chi connectivity index (χ3v) is 3.00. The number of hydrogen-bond donors (Lipinski definition) is 3. The number of alkyl halides is 3. The minimum atomic E-state index is -4.80. The number of hydrogen-bond acceptors (Lipinski definition) is 4. The average molecular weight is 345 g/mol.